The molecule has 3 rings (SSSR count). The molecule has 1 aliphatic carbocycles. The number of nitrogens with zero attached hydrogens (tertiary/aromatic N) is 2. The van der Waals surface area contributed by atoms with Crippen LogP contribution in [0.4, 0.5) is 0 Å². The number of piperazine rings is 1. The smallest absolute Gasteiger partial charge is 0.255 e. The number of carbonyl (C=O) groups excluding carboxylic acids is 1. The summed E-state index contributed by atoms with van der Waals surface area (Å²) >= 11 is 2.28. The van der Waals surface area contributed by atoms with Gasteiger partial charge in [-0.15, -0.1) is 0 Å². The van der Waals surface area contributed by atoms with E-state index in [1.54, 1.807) is 0 Å². The first kappa shape index (κ1) is 13.4. The van der Waals surface area contributed by atoms with E-state index in [2.05, 4.69) is 40.5 Å². The van der Waals surface area contributed by atoms with Crippen LogP contribution in [-0.4, -0.2) is 47.9 Å². The average Bonchev–Trinajstić information content (AvgIpc) is 3.26. The standard InChI is InChI=1S/C15H19IN2O/c1-11-3-2-4-13(14(11)16)15(19)18-9-7-17(8-10-18)12-5-6-12/h2-4,12H,5-10H2,1H3. The molecular formula is C15H19IN2O. The zero-order valence-corrected chi connectivity index (χ0v) is 13.4. The Kier molecular flexibility index (Phi) is 3.80. The normalized spacial score (nSPS) is 20.6. The molecule has 1 saturated heterocycles. The van der Waals surface area contributed by atoms with E-state index >= 15 is 0 Å². The van der Waals surface area contributed by atoms with Crippen molar-refractivity contribution in [2.45, 2.75) is 25.8 Å². The van der Waals surface area contributed by atoms with Crippen molar-refractivity contribution in [2.75, 3.05) is 26.2 Å². The van der Waals surface area contributed by atoms with Gasteiger partial charge >= 0.3 is 0 Å². The van der Waals surface area contributed by atoms with Gasteiger partial charge < -0.3 is 4.90 Å². The first-order chi connectivity index (χ1) is 9.16. The molecule has 1 aliphatic heterocycles. The Balaban J connectivity index is 1.69. The lowest BCUT2D eigenvalue weighted by Crippen LogP contribution is -2.49. The van der Waals surface area contributed by atoms with Gasteiger partial charge in [0.2, 0.25) is 0 Å². The van der Waals surface area contributed by atoms with Crippen LogP contribution >= 0.6 is 22.6 Å². The van der Waals surface area contributed by atoms with Gasteiger partial charge in [-0.25, -0.2) is 0 Å². The van der Waals surface area contributed by atoms with Gasteiger partial charge in [-0.3, -0.25) is 9.69 Å². The highest BCUT2D eigenvalue weighted by atomic mass is 127. The van der Waals surface area contributed by atoms with Gasteiger partial charge in [0.25, 0.3) is 5.91 Å². The molecule has 0 unspecified atom stereocenters. The van der Waals surface area contributed by atoms with Crippen LogP contribution < -0.4 is 0 Å². The SMILES string of the molecule is Cc1cccc(C(=O)N2CCN(C3CC3)CC2)c1I. The van der Waals surface area contributed by atoms with Gasteiger partial charge in [0.1, 0.15) is 0 Å². The van der Waals surface area contributed by atoms with Gasteiger partial charge in [0.05, 0.1) is 5.56 Å². The van der Waals surface area contributed by atoms with Gasteiger partial charge in [0, 0.05) is 35.8 Å². The molecule has 0 radical (unpaired) electrons. The van der Waals surface area contributed by atoms with Crippen molar-refractivity contribution in [3.05, 3.63) is 32.9 Å². The Labute approximate surface area is 128 Å². The number of amides is 1. The number of carbonyl (C=O) groups is 1. The molecule has 3 nitrogen and oxygen atoms in total. The minimum absolute atomic E-state index is 0.198. The molecule has 2 aliphatic rings. The lowest BCUT2D eigenvalue weighted by molar-refractivity contribution is 0.0626. The Hall–Kier alpha value is -0.620. The predicted molar refractivity (Wildman–Crippen MR) is 84.4 cm³/mol. The number of halogens is 1. The summed E-state index contributed by atoms with van der Waals surface area (Å²) in [7, 11) is 0. The summed E-state index contributed by atoms with van der Waals surface area (Å²) in [5.41, 5.74) is 2.04. The van der Waals surface area contributed by atoms with E-state index in [1.807, 2.05) is 17.0 Å². The maximum Gasteiger partial charge on any atom is 0.255 e. The maximum absolute atomic E-state index is 12.6. The number of hydrogen-bond donors (Lipinski definition) is 0. The van der Waals surface area contributed by atoms with Crippen molar-refractivity contribution in [2.24, 2.45) is 0 Å². The van der Waals surface area contributed by atoms with Crippen LogP contribution in [0.15, 0.2) is 18.2 Å². The topological polar surface area (TPSA) is 23.6 Å². The molecule has 0 bridgehead atoms. The number of benzene rings is 1. The highest BCUT2D eigenvalue weighted by Crippen LogP contribution is 2.28. The van der Waals surface area contributed by atoms with E-state index in [4.69, 9.17) is 0 Å². The molecule has 4 heteroatoms. The predicted octanol–water partition coefficient (Wildman–Crippen LogP) is 2.52. The van der Waals surface area contributed by atoms with E-state index in [0.717, 1.165) is 41.4 Å². The van der Waals surface area contributed by atoms with Gasteiger partial charge in [-0.1, -0.05) is 12.1 Å². The first-order valence-electron chi connectivity index (χ1n) is 6.95. The summed E-state index contributed by atoms with van der Waals surface area (Å²) in [6.07, 6.45) is 2.70. The van der Waals surface area contributed by atoms with E-state index in [9.17, 15) is 4.79 Å². The van der Waals surface area contributed by atoms with Crippen molar-refractivity contribution in [1.82, 2.24) is 9.80 Å². The van der Waals surface area contributed by atoms with E-state index in [0.29, 0.717) is 0 Å². The minimum atomic E-state index is 0.198. The molecule has 0 atom stereocenters. The summed E-state index contributed by atoms with van der Waals surface area (Å²) in [6.45, 7) is 5.89. The summed E-state index contributed by atoms with van der Waals surface area (Å²) in [4.78, 5) is 17.1. The molecule has 0 spiro atoms. The van der Waals surface area contributed by atoms with Crippen molar-refractivity contribution < 1.29 is 4.79 Å². The molecule has 0 aromatic heterocycles. The second kappa shape index (κ2) is 5.40. The molecule has 0 N–H and O–H groups in total. The van der Waals surface area contributed by atoms with Crippen LogP contribution in [0, 0.1) is 10.5 Å². The van der Waals surface area contributed by atoms with Crippen LogP contribution in [-0.2, 0) is 0 Å². The molecule has 19 heavy (non-hydrogen) atoms. The number of hydrogen-bond acceptors (Lipinski definition) is 2. The maximum atomic E-state index is 12.6. The van der Waals surface area contributed by atoms with Crippen LogP contribution in [0.5, 0.6) is 0 Å². The van der Waals surface area contributed by atoms with Crippen molar-refractivity contribution in [3.63, 3.8) is 0 Å². The van der Waals surface area contributed by atoms with E-state index < -0.39 is 0 Å². The van der Waals surface area contributed by atoms with Crippen LogP contribution in [0.1, 0.15) is 28.8 Å². The van der Waals surface area contributed by atoms with Crippen LogP contribution in [0.2, 0.25) is 0 Å². The second-order valence-corrected chi connectivity index (χ2v) is 6.57. The van der Waals surface area contributed by atoms with Gasteiger partial charge in [-0.2, -0.15) is 0 Å². The molecule has 102 valence electrons. The monoisotopic (exact) mass is 370 g/mol. The Morgan fingerprint density at radius 2 is 1.89 bits per heavy atom. The van der Waals surface area contributed by atoms with Gasteiger partial charge in [0.15, 0.2) is 0 Å². The Morgan fingerprint density at radius 3 is 2.53 bits per heavy atom. The van der Waals surface area contributed by atoms with E-state index in [-0.39, 0.29) is 5.91 Å². The fraction of sp³-hybridized carbons (Fsp3) is 0.533. The third-order valence-corrected chi connectivity index (χ3v) is 5.52. The summed E-state index contributed by atoms with van der Waals surface area (Å²) < 4.78 is 1.09. The molecular weight excluding hydrogens is 351 g/mol. The summed E-state index contributed by atoms with van der Waals surface area (Å²) in [5.74, 6) is 0.198. The molecule has 1 aromatic carbocycles. The fourth-order valence-electron chi connectivity index (χ4n) is 2.71. The van der Waals surface area contributed by atoms with Crippen LogP contribution in [0.25, 0.3) is 0 Å². The van der Waals surface area contributed by atoms with Crippen LogP contribution in [0.3, 0.4) is 0 Å². The zero-order chi connectivity index (χ0) is 13.4. The van der Waals surface area contributed by atoms with E-state index in [1.165, 1.54) is 18.4 Å². The third-order valence-electron chi connectivity index (χ3n) is 4.09. The summed E-state index contributed by atoms with van der Waals surface area (Å²) in [5, 5.41) is 0. The molecule has 1 aromatic rings. The van der Waals surface area contributed by atoms with Crippen molar-refractivity contribution >= 4 is 28.5 Å². The van der Waals surface area contributed by atoms with Gasteiger partial charge in [-0.05, 0) is 54.0 Å². The fourth-order valence-corrected chi connectivity index (χ4v) is 3.30. The molecule has 1 amide bonds. The first-order valence-corrected chi connectivity index (χ1v) is 8.03. The van der Waals surface area contributed by atoms with Crippen molar-refractivity contribution in [1.29, 1.82) is 0 Å². The van der Waals surface area contributed by atoms with Crippen molar-refractivity contribution in [3.8, 4) is 0 Å². The third kappa shape index (κ3) is 2.79. The lowest BCUT2D eigenvalue weighted by Gasteiger charge is -2.35. The average molecular weight is 370 g/mol. The molecule has 2 fully saturated rings. The summed E-state index contributed by atoms with van der Waals surface area (Å²) in [6, 6.07) is 6.80. The lowest BCUT2D eigenvalue weighted by atomic mass is 10.1. The zero-order valence-electron chi connectivity index (χ0n) is 11.2. The largest absolute Gasteiger partial charge is 0.336 e. The number of rotatable bonds is 2. The highest BCUT2D eigenvalue weighted by molar-refractivity contribution is 14.1. The molecule has 1 saturated carbocycles. The quantitative estimate of drug-likeness (QED) is 0.747. The number of aryl methyl sites for hydroxylation is 1. The second-order valence-electron chi connectivity index (χ2n) is 5.50. The minimum Gasteiger partial charge on any atom is -0.336 e. The highest BCUT2D eigenvalue weighted by Gasteiger charge is 2.32. The Bertz CT molecular complexity index is 491. The molecule has 1 heterocycles. The Morgan fingerprint density at radius 1 is 1.21 bits per heavy atom.